The Morgan fingerprint density at radius 2 is 1.83 bits per heavy atom. The molecule has 12 heavy (non-hydrogen) atoms. The second-order valence-corrected chi connectivity index (χ2v) is 8.53. The summed E-state index contributed by atoms with van der Waals surface area (Å²) in [4.78, 5) is 0. The van der Waals surface area contributed by atoms with E-state index in [2.05, 4.69) is 33.3 Å². The molecular weight excluding hydrogens is 168 g/mol. The van der Waals surface area contributed by atoms with E-state index in [1.165, 1.54) is 12.2 Å². The van der Waals surface area contributed by atoms with Crippen LogP contribution in [0.1, 0.15) is 27.2 Å². The summed E-state index contributed by atoms with van der Waals surface area (Å²) in [5.41, 5.74) is 0. The molecule has 0 amide bonds. The average Bonchev–Trinajstić information content (AvgIpc) is 1.98. The largest absolute Gasteiger partial charge is 0.382 e. The van der Waals surface area contributed by atoms with Gasteiger partial charge in [-0.15, -0.1) is 0 Å². The first-order valence-corrected chi connectivity index (χ1v) is 7.46. The average molecular weight is 192 g/mol. The van der Waals surface area contributed by atoms with Crippen molar-refractivity contribution in [2.75, 3.05) is 31.5 Å². The fourth-order valence-corrected chi connectivity index (χ4v) is 2.25. The topological polar surface area (TPSA) is 9.23 Å². The third-order valence-electron chi connectivity index (χ3n) is 2.44. The van der Waals surface area contributed by atoms with E-state index in [0.717, 1.165) is 18.5 Å². The smallest absolute Gasteiger partial charge is 0.0473 e. The zero-order valence-electron chi connectivity index (χ0n) is 9.22. The van der Waals surface area contributed by atoms with Gasteiger partial charge in [0, 0.05) is 13.2 Å². The van der Waals surface area contributed by atoms with Gasteiger partial charge in [-0.3, -0.25) is 0 Å². The van der Waals surface area contributed by atoms with Gasteiger partial charge in [-0.2, -0.15) is 0 Å². The maximum absolute atomic E-state index is 5.32. The third-order valence-corrected chi connectivity index (χ3v) is 6.33. The van der Waals surface area contributed by atoms with E-state index in [-0.39, 0.29) is 10.0 Å². The van der Waals surface area contributed by atoms with Crippen LogP contribution in [0.4, 0.5) is 0 Å². The highest BCUT2D eigenvalue weighted by atomic mass is 32.3. The second kappa shape index (κ2) is 5.87. The van der Waals surface area contributed by atoms with Crippen molar-refractivity contribution >= 4 is 10.0 Å². The highest BCUT2D eigenvalue weighted by Gasteiger charge is 2.15. The van der Waals surface area contributed by atoms with Crippen LogP contribution < -0.4 is 0 Å². The summed E-state index contributed by atoms with van der Waals surface area (Å²) in [6.45, 7) is 8.52. The van der Waals surface area contributed by atoms with E-state index in [4.69, 9.17) is 4.74 Å². The van der Waals surface area contributed by atoms with Gasteiger partial charge in [-0.25, -0.2) is 10.0 Å². The summed E-state index contributed by atoms with van der Waals surface area (Å²) >= 11 is 0. The lowest BCUT2D eigenvalue weighted by atomic mass is 10.5. The summed E-state index contributed by atoms with van der Waals surface area (Å²) in [5, 5.41) is 0.846. The van der Waals surface area contributed by atoms with Gasteiger partial charge in [0.25, 0.3) is 0 Å². The molecule has 0 aliphatic heterocycles. The Bertz CT molecular complexity index is 110. The molecule has 0 atom stereocenters. The molecular formula is C10H24OS. The molecule has 0 bridgehead atoms. The zero-order chi connectivity index (χ0) is 9.61. The molecule has 0 aromatic rings. The van der Waals surface area contributed by atoms with Crippen molar-refractivity contribution in [3.05, 3.63) is 0 Å². The molecule has 0 aliphatic carbocycles. The lowest BCUT2D eigenvalue weighted by Crippen LogP contribution is -2.14. The van der Waals surface area contributed by atoms with Gasteiger partial charge in [-0.05, 0) is 36.9 Å². The van der Waals surface area contributed by atoms with Gasteiger partial charge in [-0.1, -0.05) is 13.8 Å². The van der Waals surface area contributed by atoms with Crippen LogP contribution in [0.15, 0.2) is 0 Å². The lowest BCUT2D eigenvalue weighted by Gasteiger charge is -2.35. The van der Waals surface area contributed by atoms with Crippen molar-refractivity contribution in [3.63, 3.8) is 0 Å². The Labute approximate surface area is 79.2 Å². The summed E-state index contributed by atoms with van der Waals surface area (Å²) in [7, 11) is -0.359. The molecule has 0 heterocycles. The Morgan fingerprint density at radius 3 is 2.25 bits per heavy atom. The molecule has 0 aliphatic rings. The number of hydrogen-bond donors (Lipinski definition) is 0. The number of hydrogen-bond acceptors (Lipinski definition) is 1. The molecule has 0 spiro atoms. The molecule has 1 nitrogen and oxygen atoms in total. The minimum absolute atomic E-state index is 0.359. The van der Waals surface area contributed by atoms with E-state index in [1.807, 2.05) is 0 Å². The van der Waals surface area contributed by atoms with Crippen LogP contribution in [0, 0.1) is 0 Å². The van der Waals surface area contributed by atoms with Crippen molar-refractivity contribution < 1.29 is 4.74 Å². The monoisotopic (exact) mass is 192 g/mol. The molecule has 76 valence electrons. The van der Waals surface area contributed by atoms with Crippen LogP contribution in [0.3, 0.4) is 0 Å². The SMILES string of the molecule is CCOCCCS(C)(C)C(C)C. The Morgan fingerprint density at radius 1 is 1.25 bits per heavy atom. The molecule has 0 unspecified atom stereocenters. The Hall–Kier alpha value is 0.310. The summed E-state index contributed by atoms with van der Waals surface area (Å²) < 4.78 is 5.32. The van der Waals surface area contributed by atoms with Gasteiger partial charge in [0.2, 0.25) is 0 Å². The van der Waals surface area contributed by atoms with Gasteiger partial charge < -0.3 is 4.74 Å². The summed E-state index contributed by atoms with van der Waals surface area (Å²) in [6.07, 6.45) is 6.07. The molecule has 0 saturated carbocycles. The standard InChI is InChI=1S/C10H24OS/c1-6-11-8-7-9-12(4,5)10(2)3/h10H,6-9H2,1-5H3. The Kier molecular flexibility index (Phi) is 6.02. The predicted octanol–water partition coefficient (Wildman–Crippen LogP) is 2.89. The second-order valence-electron chi connectivity index (χ2n) is 3.93. The maximum Gasteiger partial charge on any atom is 0.0473 e. The van der Waals surface area contributed by atoms with Crippen molar-refractivity contribution in [2.24, 2.45) is 0 Å². The van der Waals surface area contributed by atoms with Gasteiger partial charge in [0.15, 0.2) is 0 Å². The first-order valence-electron chi connectivity index (χ1n) is 4.78. The Balaban J connectivity index is 3.47. The summed E-state index contributed by atoms with van der Waals surface area (Å²) in [5.74, 6) is 1.35. The highest BCUT2D eigenvalue weighted by molar-refractivity contribution is 8.33. The van der Waals surface area contributed by atoms with Crippen molar-refractivity contribution in [1.29, 1.82) is 0 Å². The molecule has 2 heteroatoms. The van der Waals surface area contributed by atoms with Crippen LogP contribution in [0.5, 0.6) is 0 Å². The lowest BCUT2D eigenvalue weighted by molar-refractivity contribution is 0.149. The molecule has 0 fully saturated rings. The quantitative estimate of drug-likeness (QED) is 0.588. The minimum atomic E-state index is -0.359. The molecule has 0 aromatic carbocycles. The maximum atomic E-state index is 5.32. The van der Waals surface area contributed by atoms with E-state index in [1.54, 1.807) is 0 Å². The van der Waals surface area contributed by atoms with E-state index >= 15 is 0 Å². The van der Waals surface area contributed by atoms with E-state index < -0.39 is 0 Å². The number of ether oxygens (including phenoxy) is 1. The minimum Gasteiger partial charge on any atom is -0.382 e. The molecule has 0 aromatic heterocycles. The van der Waals surface area contributed by atoms with E-state index in [0.29, 0.717) is 0 Å². The predicted molar refractivity (Wildman–Crippen MR) is 60.6 cm³/mol. The van der Waals surface area contributed by atoms with E-state index in [9.17, 15) is 0 Å². The molecule has 0 N–H and O–H groups in total. The molecule has 0 radical (unpaired) electrons. The van der Waals surface area contributed by atoms with Gasteiger partial charge in [0.05, 0.1) is 0 Å². The van der Waals surface area contributed by atoms with Crippen molar-refractivity contribution in [2.45, 2.75) is 32.4 Å². The molecule has 0 saturated heterocycles. The third kappa shape index (κ3) is 5.04. The van der Waals surface area contributed by atoms with Gasteiger partial charge in [0.1, 0.15) is 0 Å². The zero-order valence-corrected chi connectivity index (χ0v) is 10.0. The fraction of sp³-hybridized carbons (Fsp3) is 1.00. The van der Waals surface area contributed by atoms with Crippen LogP contribution >= 0.6 is 10.0 Å². The van der Waals surface area contributed by atoms with Crippen LogP contribution in [-0.4, -0.2) is 36.7 Å². The first-order chi connectivity index (χ1) is 5.50. The number of rotatable bonds is 6. The van der Waals surface area contributed by atoms with Crippen LogP contribution in [0.2, 0.25) is 0 Å². The van der Waals surface area contributed by atoms with Crippen LogP contribution in [-0.2, 0) is 4.74 Å². The van der Waals surface area contributed by atoms with Gasteiger partial charge >= 0.3 is 0 Å². The van der Waals surface area contributed by atoms with Crippen LogP contribution in [0.25, 0.3) is 0 Å². The normalized spacial score (nSPS) is 13.8. The summed E-state index contributed by atoms with van der Waals surface area (Å²) in [6, 6.07) is 0. The molecule has 0 rings (SSSR count). The fourth-order valence-electron chi connectivity index (χ4n) is 0.913. The highest BCUT2D eigenvalue weighted by Crippen LogP contribution is 2.45. The van der Waals surface area contributed by atoms with Crippen molar-refractivity contribution in [3.8, 4) is 0 Å². The van der Waals surface area contributed by atoms with Crippen molar-refractivity contribution in [1.82, 2.24) is 0 Å². The first kappa shape index (κ1) is 12.3.